The van der Waals surface area contributed by atoms with Gasteiger partial charge in [0.1, 0.15) is 17.2 Å². The molecular weight excluding hydrogens is 596 g/mol. The fraction of sp³-hybridized carbons (Fsp3) is 0.455. The molecule has 0 aliphatic carbocycles. The first kappa shape index (κ1) is 31.2. The number of hydrogen-bond donors (Lipinski definition) is 1. The van der Waals surface area contributed by atoms with E-state index in [1.54, 1.807) is 23.4 Å². The largest absolute Gasteiger partial charge is 0.434 e. The van der Waals surface area contributed by atoms with Gasteiger partial charge in [-0.15, -0.1) is 0 Å². The molecule has 1 amide bonds. The van der Waals surface area contributed by atoms with Gasteiger partial charge in [0.25, 0.3) is 5.91 Å². The zero-order valence-corrected chi connectivity index (χ0v) is 27.6. The lowest BCUT2D eigenvalue weighted by Crippen LogP contribution is -2.46. The number of imidazole rings is 1. The molecule has 238 valence electrons. The predicted octanol–water partition coefficient (Wildman–Crippen LogP) is 6.83. The number of benzene rings is 2. The van der Waals surface area contributed by atoms with Crippen LogP contribution in [0.2, 0.25) is 18.1 Å². The number of hydrogen-bond acceptors (Lipinski definition) is 7. The van der Waals surface area contributed by atoms with Crippen molar-refractivity contribution in [1.29, 1.82) is 0 Å². The van der Waals surface area contributed by atoms with Crippen molar-refractivity contribution < 1.29 is 27.8 Å². The van der Waals surface area contributed by atoms with Crippen molar-refractivity contribution in [2.75, 3.05) is 13.2 Å². The van der Waals surface area contributed by atoms with E-state index >= 15 is 0 Å². The number of aliphatic hydroxyl groups is 1. The van der Waals surface area contributed by atoms with Crippen molar-refractivity contribution in [2.45, 2.75) is 83.5 Å². The molecule has 6 rings (SSSR count). The molecule has 45 heavy (non-hydrogen) atoms. The molecule has 2 aromatic heterocycles. The van der Waals surface area contributed by atoms with Crippen LogP contribution in [0.25, 0.3) is 22.2 Å². The summed E-state index contributed by atoms with van der Waals surface area (Å²) in [7, 11) is -2.08. The minimum atomic E-state index is -3.05. The number of rotatable bonds is 8. The lowest BCUT2D eigenvalue weighted by molar-refractivity contribution is -0.0507. The number of aromatic nitrogens is 4. The summed E-state index contributed by atoms with van der Waals surface area (Å²) in [5, 5.41) is 9.86. The predicted molar refractivity (Wildman–Crippen MR) is 169 cm³/mol. The van der Waals surface area contributed by atoms with E-state index in [0.29, 0.717) is 29.1 Å². The summed E-state index contributed by atoms with van der Waals surface area (Å²) in [6.07, 6.45) is 4.00. The zero-order chi connectivity index (χ0) is 32.5. The third kappa shape index (κ3) is 5.32. The zero-order valence-electron chi connectivity index (χ0n) is 26.6. The molecule has 4 aromatic rings. The van der Waals surface area contributed by atoms with E-state index < -0.39 is 32.6 Å². The number of ether oxygens (including phenoxy) is 1. The monoisotopic (exact) mass is 635 g/mol. The Hall–Kier alpha value is -3.74. The molecule has 2 bridgehead atoms. The molecule has 9 nitrogen and oxygen atoms in total. The maximum absolute atomic E-state index is 13.7. The van der Waals surface area contributed by atoms with Gasteiger partial charge in [0, 0.05) is 42.0 Å². The van der Waals surface area contributed by atoms with Crippen molar-refractivity contribution in [3.05, 3.63) is 71.6 Å². The highest BCUT2D eigenvalue weighted by molar-refractivity contribution is 6.74. The van der Waals surface area contributed by atoms with Gasteiger partial charge in [0.2, 0.25) is 0 Å². The quantitative estimate of drug-likeness (QED) is 0.212. The number of fused-ring (bicyclic) bond motifs is 9. The molecule has 0 saturated heterocycles. The van der Waals surface area contributed by atoms with Crippen molar-refractivity contribution in [3.63, 3.8) is 0 Å². The van der Waals surface area contributed by atoms with Gasteiger partial charge < -0.3 is 23.7 Å². The number of aliphatic hydroxyl groups excluding tert-OH is 1. The molecular formula is C33H39F2N5O4Si. The van der Waals surface area contributed by atoms with E-state index in [0.717, 1.165) is 16.6 Å². The number of amides is 1. The molecule has 2 atom stereocenters. The first-order valence-corrected chi connectivity index (χ1v) is 18.1. The summed E-state index contributed by atoms with van der Waals surface area (Å²) in [5.41, 5.74) is 3.17. The van der Waals surface area contributed by atoms with E-state index in [1.165, 1.54) is 12.1 Å². The molecule has 0 spiro atoms. The maximum atomic E-state index is 13.7. The van der Waals surface area contributed by atoms with E-state index in [9.17, 15) is 18.7 Å². The minimum absolute atomic E-state index is 0.0391. The normalized spacial score (nSPS) is 18.4. The van der Waals surface area contributed by atoms with Crippen molar-refractivity contribution in [3.8, 4) is 16.9 Å². The van der Waals surface area contributed by atoms with Gasteiger partial charge in [-0.1, -0.05) is 32.9 Å². The SMILES string of the molecule is CC(C)(O[Si](C)(C)C(C)(C)C)c1ncc(-c2ccc3nc4n(c3c2)[C@@H]2C[C@H]4N(CCO)C(=O)c3cccc(OC(F)F)c32)cn1. The van der Waals surface area contributed by atoms with Crippen LogP contribution in [0.3, 0.4) is 0 Å². The molecule has 2 aromatic carbocycles. The number of β-amino-alcohol motifs (C(OH)–C–C–N with tert-alkyl or cyclic N) is 1. The Morgan fingerprint density at radius 2 is 1.76 bits per heavy atom. The standard InChI is InChI=1S/C33H39F2N5O4Si/c1-32(2,3)45(6,7)44-33(4,5)30-36-17-20(18-37-30)19-11-12-22-23(15-19)40-24-16-25(28(40)38-22)39(13-14-41)29(42)21-9-8-10-26(27(21)24)43-31(34)35/h8-12,15,17-18,24-25,31,41H,13-14,16H2,1-7H3/t24-,25-/m1/s1. The molecule has 0 unspecified atom stereocenters. The van der Waals surface area contributed by atoms with Gasteiger partial charge >= 0.3 is 6.61 Å². The summed E-state index contributed by atoms with van der Waals surface area (Å²) in [6.45, 7) is 11.8. The summed E-state index contributed by atoms with van der Waals surface area (Å²) >= 11 is 0. The van der Waals surface area contributed by atoms with Crippen LogP contribution in [0.1, 0.15) is 80.7 Å². The van der Waals surface area contributed by atoms with Gasteiger partial charge in [0.05, 0.1) is 29.7 Å². The van der Waals surface area contributed by atoms with E-state index in [2.05, 4.69) is 33.9 Å². The minimum Gasteiger partial charge on any atom is -0.434 e. The maximum Gasteiger partial charge on any atom is 0.387 e. The number of halogens is 2. The summed E-state index contributed by atoms with van der Waals surface area (Å²) in [6, 6.07) is 9.55. The molecule has 0 fully saturated rings. The van der Waals surface area contributed by atoms with Crippen molar-refractivity contribution in [2.24, 2.45) is 0 Å². The van der Waals surface area contributed by atoms with Crippen LogP contribution in [-0.2, 0) is 10.0 Å². The lowest BCUT2D eigenvalue weighted by atomic mass is 9.97. The van der Waals surface area contributed by atoms with Crippen LogP contribution >= 0.6 is 0 Å². The molecule has 2 aliphatic rings. The Morgan fingerprint density at radius 3 is 2.40 bits per heavy atom. The van der Waals surface area contributed by atoms with Gasteiger partial charge in [0.15, 0.2) is 14.1 Å². The van der Waals surface area contributed by atoms with Crippen LogP contribution in [-0.4, -0.2) is 63.5 Å². The van der Waals surface area contributed by atoms with Gasteiger partial charge in [-0.25, -0.2) is 15.0 Å². The second-order valence-corrected chi connectivity index (χ2v) is 18.5. The molecule has 12 heteroatoms. The average molecular weight is 636 g/mol. The van der Waals surface area contributed by atoms with Crippen LogP contribution in [0, 0.1) is 0 Å². The smallest absolute Gasteiger partial charge is 0.387 e. The summed E-state index contributed by atoms with van der Waals surface area (Å²) < 4.78 is 40.6. The summed E-state index contributed by atoms with van der Waals surface area (Å²) in [4.78, 5) is 29.6. The van der Waals surface area contributed by atoms with Gasteiger partial charge in [-0.3, -0.25) is 4.79 Å². The molecule has 1 N–H and O–H groups in total. The van der Waals surface area contributed by atoms with E-state index in [-0.39, 0.29) is 35.4 Å². The molecule has 2 aliphatic heterocycles. The first-order chi connectivity index (χ1) is 21.1. The van der Waals surface area contributed by atoms with Crippen LogP contribution in [0.15, 0.2) is 48.8 Å². The molecule has 4 heterocycles. The Kier molecular flexibility index (Phi) is 7.61. The summed E-state index contributed by atoms with van der Waals surface area (Å²) in [5.74, 6) is 0.859. The van der Waals surface area contributed by atoms with Crippen LogP contribution in [0.4, 0.5) is 8.78 Å². The lowest BCUT2D eigenvalue weighted by Gasteiger charge is -2.42. The number of alkyl halides is 2. The third-order valence-corrected chi connectivity index (χ3v) is 14.1. The number of nitrogens with zero attached hydrogens (tertiary/aromatic N) is 5. The fourth-order valence-corrected chi connectivity index (χ4v) is 8.02. The topological polar surface area (TPSA) is 103 Å². The Bertz CT molecular complexity index is 1770. The van der Waals surface area contributed by atoms with E-state index in [1.807, 2.05) is 36.6 Å². The highest BCUT2D eigenvalue weighted by atomic mass is 28.4. The Morgan fingerprint density at radius 1 is 1.04 bits per heavy atom. The van der Waals surface area contributed by atoms with Gasteiger partial charge in [-0.2, -0.15) is 8.78 Å². The van der Waals surface area contributed by atoms with Gasteiger partial charge in [-0.05, 0) is 61.8 Å². The third-order valence-electron chi connectivity index (χ3n) is 9.44. The average Bonchev–Trinajstić information content (AvgIpc) is 3.47. The van der Waals surface area contributed by atoms with Crippen molar-refractivity contribution in [1.82, 2.24) is 24.4 Å². The highest BCUT2D eigenvalue weighted by Gasteiger charge is 2.46. The van der Waals surface area contributed by atoms with Crippen molar-refractivity contribution >= 4 is 25.3 Å². The highest BCUT2D eigenvalue weighted by Crippen LogP contribution is 2.50. The van der Waals surface area contributed by atoms with E-state index in [4.69, 9.17) is 24.1 Å². The molecule has 0 saturated carbocycles. The fourth-order valence-electron chi connectivity index (χ4n) is 6.35. The second-order valence-electron chi connectivity index (χ2n) is 13.8. The first-order valence-electron chi connectivity index (χ1n) is 15.2. The molecule has 0 radical (unpaired) electrons. The second kappa shape index (κ2) is 11.0. The Labute approximate surface area is 262 Å². The van der Waals surface area contributed by atoms with Crippen LogP contribution < -0.4 is 4.74 Å². The number of carbonyl (C=O) groups is 1. The van der Waals surface area contributed by atoms with Crippen LogP contribution in [0.5, 0.6) is 5.75 Å². The number of carbonyl (C=O) groups excluding carboxylic acids is 1. The Balaban J connectivity index is 1.42.